The number of carbonyl (C=O) groups is 1. The van der Waals surface area contributed by atoms with E-state index < -0.39 is 10.0 Å². The molecule has 16 rings (SSSR count). The summed E-state index contributed by atoms with van der Waals surface area (Å²) in [7, 11) is 0.177. The van der Waals surface area contributed by atoms with Crippen molar-refractivity contribution in [3.8, 4) is 5.75 Å². The van der Waals surface area contributed by atoms with E-state index >= 15 is 0 Å². The van der Waals surface area contributed by atoms with Gasteiger partial charge in [0, 0.05) is 154 Å². The SMILES string of the molecule is CNC(=O)c1ccccc1N1CCN(CC2CC3C=CC2C3)CC1.COc1ccc(Cl)cc1N1CCN(CC2CCC3CCC2C3)CC1.CS(=O)(=O)Nc1ccccc1N1CCN(C2CC3CCC2C3)CC1.Cc1cccc(N2CCN(CC3CC4C=CC3C4)CC2)c1C. The standard InChI is InChI=1S/C20H29ClN2O.C20H27N3O.C20H28N2.C18H27N3O2S/c1-24-20-7-6-18(21)13-19(20)23-10-8-22(9-11-23)14-17-5-3-15-2-4-16(17)12-15;1-21-20(24)18-4-2-3-5-19(18)23-10-8-22(9-11-23)14-17-13-15-6-7-16(17)12-15;1-15-4-3-5-20(16(15)2)22-10-8-21(9-11-22)14-19-13-17-6-7-18(19)12-17;1-24(22,23)19-16-4-2-3-5-17(16)20-8-10-21(11-9-20)18-13-14-6-7-15(18)12-14/h6-7,13,15-17H,2-5,8-12,14H2,1H3;2-7,15-17H,8-14H2,1H3,(H,21,24);3-7,17-19H,8-14H2,1-2H3;2-5,14-15,18-19H,6-13H2,1H3. The number of amides is 1. The number of nitrogens with one attached hydrogen (secondary N) is 2. The number of para-hydroxylation sites is 3. The zero-order valence-corrected chi connectivity index (χ0v) is 59.0. The second kappa shape index (κ2) is 30.6. The molecule has 8 aliphatic carbocycles. The van der Waals surface area contributed by atoms with Crippen LogP contribution in [0.2, 0.25) is 5.02 Å². The van der Waals surface area contributed by atoms with Crippen molar-refractivity contribution in [1.29, 1.82) is 0 Å². The highest BCUT2D eigenvalue weighted by atomic mass is 35.5. The van der Waals surface area contributed by atoms with E-state index in [2.05, 4.69) is 112 Å². The van der Waals surface area contributed by atoms with Gasteiger partial charge in [-0.2, -0.15) is 0 Å². The smallest absolute Gasteiger partial charge is 0.253 e. The van der Waals surface area contributed by atoms with Gasteiger partial charge in [0.1, 0.15) is 5.75 Å². The summed E-state index contributed by atoms with van der Waals surface area (Å²) in [6.45, 7) is 25.9. The van der Waals surface area contributed by atoms with Gasteiger partial charge in [-0.3, -0.25) is 29.1 Å². The van der Waals surface area contributed by atoms with Gasteiger partial charge in [0.2, 0.25) is 10.0 Å². The van der Waals surface area contributed by atoms with Crippen LogP contribution in [-0.2, 0) is 10.0 Å². The molecule has 0 radical (unpaired) electrons. The summed E-state index contributed by atoms with van der Waals surface area (Å²) in [5, 5.41) is 3.53. The third-order valence-electron chi connectivity index (χ3n) is 24.8. The molecule has 14 nitrogen and oxygen atoms in total. The van der Waals surface area contributed by atoms with E-state index in [1.54, 1.807) is 14.2 Å². The number of methoxy groups -OCH3 is 1. The number of fused-ring (bicyclic) bond motifs is 8. The summed E-state index contributed by atoms with van der Waals surface area (Å²) >= 11 is 6.19. The van der Waals surface area contributed by atoms with E-state index in [1.807, 2.05) is 60.7 Å². The molecule has 8 bridgehead atoms. The molecular formula is C78H111ClN10O4S. The first-order valence-corrected chi connectivity index (χ1v) is 39.0. The molecule has 6 saturated carbocycles. The van der Waals surface area contributed by atoms with Gasteiger partial charge in [0.15, 0.2) is 0 Å². The first-order valence-electron chi connectivity index (χ1n) is 36.7. The molecule has 4 saturated heterocycles. The van der Waals surface area contributed by atoms with Crippen LogP contribution in [0, 0.1) is 78.9 Å². The highest BCUT2D eigenvalue weighted by molar-refractivity contribution is 7.92. The topological polar surface area (TPSA) is 110 Å². The number of carbonyl (C=O) groups excluding carboxylic acids is 1. The zero-order valence-electron chi connectivity index (χ0n) is 57.4. The summed E-state index contributed by atoms with van der Waals surface area (Å²) < 4.78 is 31.4. The lowest BCUT2D eigenvalue weighted by Crippen LogP contribution is -2.51. The van der Waals surface area contributed by atoms with Crippen LogP contribution >= 0.6 is 11.6 Å². The Bertz CT molecular complexity index is 3350. The minimum Gasteiger partial charge on any atom is -0.495 e. The molecular weight excluding hydrogens is 1210 g/mol. The zero-order chi connectivity index (χ0) is 64.9. The van der Waals surface area contributed by atoms with E-state index in [0.29, 0.717) is 5.69 Å². The fraction of sp³-hybridized carbons (Fsp3) is 0.628. The van der Waals surface area contributed by atoms with Crippen molar-refractivity contribution in [3.05, 3.63) is 131 Å². The number of aryl methyl sites for hydroxylation is 1. The molecule has 16 heteroatoms. The highest BCUT2D eigenvalue weighted by Crippen LogP contribution is 2.49. The third kappa shape index (κ3) is 16.3. The molecule has 1 amide bonds. The van der Waals surface area contributed by atoms with Crippen LogP contribution in [0.4, 0.5) is 28.4 Å². The van der Waals surface area contributed by atoms with Gasteiger partial charge in [-0.1, -0.05) is 91.6 Å². The second-order valence-corrected chi connectivity index (χ2v) is 32.7. The van der Waals surface area contributed by atoms with Gasteiger partial charge in [0.05, 0.1) is 36.0 Å². The van der Waals surface area contributed by atoms with Crippen molar-refractivity contribution in [1.82, 2.24) is 24.9 Å². The minimum absolute atomic E-state index is 0.00166. The molecule has 4 aliphatic heterocycles. The average molecular weight is 1320 g/mol. The van der Waals surface area contributed by atoms with Gasteiger partial charge in [-0.05, 0) is 203 Å². The predicted octanol–water partition coefficient (Wildman–Crippen LogP) is 12.7. The summed E-state index contributed by atoms with van der Waals surface area (Å²) in [4.78, 5) is 32.5. The normalized spacial score (nSPS) is 30.4. The largest absolute Gasteiger partial charge is 0.495 e. The molecule has 10 fully saturated rings. The number of benzene rings is 4. The van der Waals surface area contributed by atoms with Crippen molar-refractivity contribution in [3.63, 3.8) is 0 Å². The van der Waals surface area contributed by atoms with Crippen LogP contribution in [0.15, 0.2) is 109 Å². The van der Waals surface area contributed by atoms with Crippen LogP contribution in [0.3, 0.4) is 0 Å². The number of allylic oxidation sites excluding steroid dienone is 4. The predicted molar refractivity (Wildman–Crippen MR) is 389 cm³/mol. The number of rotatable bonds is 15. The summed E-state index contributed by atoms with van der Waals surface area (Å²) in [6, 6.07) is 29.1. The number of piperazine rings is 4. The molecule has 12 atom stereocenters. The number of hydrogen-bond acceptors (Lipinski definition) is 12. The van der Waals surface area contributed by atoms with Crippen molar-refractivity contribution >= 4 is 56.0 Å². The summed E-state index contributed by atoms with van der Waals surface area (Å²) in [6.07, 6.45) is 29.9. The van der Waals surface area contributed by atoms with Crippen molar-refractivity contribution in [2.75, 3.05) is 169 Å². The Morgan fingerprint density at radius 1 is 0.521 bits per heavy atom. The molecule has 2 N–H and O–H groups in total. The summed E-state index contributed by atoms with van der Waals surface area (Å²) in [5.41, 5.74) is 8.99. The number of halogens is 1. The third-order valence-corrected chi connectivity index (χ3v) is 25.6. The highest BCUT2D eigenvalue weighted by Gasteiger charge is 2.44. The van der Waals surface area contributed by atoms with E-state index in [4.69, 9.17) is 16.3 Å². The number of nitrogens with zero attached hydrogens (tertiary/aromatic N) is 8. The molecule has 4 heterocycles. The van der Waals surface area contributed by atoms with Gasteiger partial charge in [0.25, 0.3) is 5.91 Å². The number of hydrogen-bond donors (Lipinski definition) is 2. The lowest BCUT2D eigenvalue weighted by molar-refractivity contribution is 0.0963. The molecule has 12 unspecified atom stereocenters. The maximum absolute atomic E-state index is 12.1. The maximum atomic E-state index is 12.1. The van der Waals surface area contributed by atoms with Gasteiger partial charge >= 0.3 is 0 Å². The van der Waals surface area contributed by atoms with Crippen LogP contribution < -0.4 is 34.4 Å². The van der Waals surface area contributed by atoms with Crippen molar-refractivity contribution < 1.29 is 17.9 Å². The molecule has 0 aromatic heterocycles. The fourth-order valence-electron chi connectivity index (χ4n) is 19.5. The molecule has 12 aliphatic rings. The Morgan fingerprint density at radius 3 is 1.61 bits per heavy atom. The Morgan fingerprint density at radius 2 is 1.04 bits per heavy atom. The minimum atomic E-state index is -3.26. The number of ether oxygens (including phenoxy) is 1. The first kappa shape index (κ1) is 67.3. The van der Waals surface area contributed by atoms with E-state index in [0.717, 1.165) is 183 Å². The second-order valence-electron chi connectivity index (χ2n) is 30.5. The van der Waals surface area contributed by atoms with Crippen LogP contribution in [0.5, 0.6) is 5.75 Å². The maximum Gasteiger partial charge on any atom is 0.253 e. The molecule has 510 valence electrons. The summed E-state index contributed by atoms with van der Waals surface area (Å²) in [5.74, 6) is 11.2. The Hall–Kier alpha value is -5.29. The van der Waals surface area contributed by atoms with Crippen LogP contribution in [0.25, 0.3) is 0 Å². The Kier molecular flexibility index (Phi) is 21.9. The Labute approximate surface area is 569 Å². The van der Waals surface area contributed by atoms with Crippen LogP contribution in [-0.4, -0.2) is 185 Å². The fourth-order valence-corrected chi connectivity index (χ4v) is 20.2. The molecule has 0 spiro atoms. The number of anilines is 5. The Balaban J connectivity index is 0.000000114. The number of sulfonamides is 1. The van der Waals surface area contributed by atoms with Crippen LogP contribution in [0.1, 0.15) is 105 Å². The van der Waals surface area contributed by atoms with E-state index in [1.165, 1.54) is 152 Å². The molecule has 94 heavy (non-hydrogen) atoms. The monoisotopic (exact) mass is 1320 g/mol. The quantitative estimate of drug-likeness (QED) is 0.111. The van der Waals surface area contributed by atoms with Crippen molar-refractivity contribution in [2.24, 2.45) is 65.1 Å². The lowest BCUT2D eigenvalue weighted by atomic mass is 9.79. The van der Waals surface area contributed by atoms with E-state index in [-0.39, 0.29) is 5.91 Å². The van der Waals surface area contributed by atoms with E-state index in [9.17, 15) is 13.2 Å². The lowest BCUT2D eigenvalue weighted by Gasteiger charge is -2.42. The average Bonchev–Trinajstić information content (AvgIpc) is 1.45. The molecule has 4 aromatic rings. The van der Waals surface area contributed by atoms with Gasteiger partial charge in [-0.15, -0.1) is 0 Å². The molecule has 4 aromatic carbocycles. The first-order chi connectivity index (χ1) is 45.7. The van der Waals surface area contributed by atoms with Crippen molar-refractivity contribution in [2.45, 2.75) is 103 Å². The van der Waals surface area contributed by atoms with Gasteiger partial charge < -0.3 is 29.7 Å². The van der Waals surface area contributed by atoms with Gasteiger partial charge in [-0.25, -0.2) is 8.42 Å².